The van der Waals surface area contributed by atoms with Crippen molar-refractivity contribution in [2.24, 2.45) is 11.8 Å². The van der Waals surface area contributed by atoms with E-state index < -0.39 is 0 Å². The first-order chi connectivity index (χ1) is 16.6. The lowest BCUT2D eigenvalue weighted by molar-refractivity contribution is -0.0835. The summed E-state index contributed by atoms with van der Waals surface area (Å²) < 4.78 is 6.07. The van der Waals surface area contributed by atoms with Gasteiger partial charge in [-0.15, -0.1) is 0 Å². The summed E-state index contributed by atoms with van der Waals surface area (Å²) in [4.78, 5) is 30.4. The van der Waals surface area contributed by atoms with E-state index in [4.69, 9.17) is 10.5 Å². The Kier molecular flexibility index (Phi) is 6.32. The molecule has 6 heteroatoms. The van der Waals surface area contributed by atoms with Gasteiger partial charge in [0.05, 0.1) is 5.56 Å². The van der Waals surface area contributed by atoms with Gasteiger partial charge in [-0.1, -0.05) is 48.5 Å². The van der Waals surface area contributed by atoms with E-state index in [2.05, 4.69) is 29.2 Å². The summed E-state index contributed by atoms with van der Waals surface area (Å²) in [7, 11) is 0. The molecular weight excluding hydrogens is 426 g/mol. The van der Waals surface area contributed by atoms with E-state index in [1.165, 1.54) is 5.56 Å². The van der Waals surface area contributed by atoms with Crippen molar-refractivity contribution in [1.29, 1.82) is 0 Å². The molecule has 2 unspecified atom stereocenters. The van der Waals surface area contributed by atoms with Crippen LogP contribution in [0.25, 0.3) is 0 Å². The molecular formula is C28H29N3O3. The molecule has 2 aliphatic rings. The van der Waals surface area contributed by atoms with Crippen LogP contribution in [-0.2, 0) is 11.3 Å². The minimum Gasteiger partial charge on any atom is -0.458 e. The van der Waals surface area contributed by atoms with Crippen molar-refractivity contribution in [3.05, 3.63) is 102 Å². The van der Waals surface area contributed by atoms with Gasteiger partial charge in [-0.05, 0) is 42.0 Å². The number of rotatable bonds is 5. The minimum atomic E-state index is -0.296. The maximum absolute atomic E-state index is 13.2. The van der Waals surface area contributed by atoms with Crippen LogP contribution in [0.5, 0.6) is 0 Å². The molecule has 0 saturated carbocycles. The third-order valence-corrected chi connectivity index (χ3v) is 6.77. The van der Waals surface area contributed by atoms with Gasteiger partial charge < -0.3 is 15.4 Å². The molecule has 6 nitrogen and oxygen atoms in total. The number of ether oxygens (including phenoxy) is 1. The number of nitrogen functional groups attached to an aromatic ring is 1. The quantitative estimate of drug-likeness (QED) is 0.469. The van der Waals surface area contributed by atoms with Crippen molar-refractivity contribution >= 4 is 17.6 Å². The molecule has 3 aromatic carbocycles. The Labute approximate surface area is 199 Å². The van der Waals surface area contributed by atoms with Crippen molar-refractivity contribution in [1.82, 2.24) is 9.80 Å². The number of nitrogens with zero attached hydrogens (tertiary/aromatic N) is 2. The van der Waals surface area contributed by atoms with Crippen molar-refractivity contribution in [2.45, 2.75) is 12.6 Å². The molecule has 0 radical (unpaired) electrons. The Morgan fingerprint density at radius 1 is 0.765 bits per heavy atom. The second-order valence-corrected chi connectivity index (χ2v) is 9.27. The topological polar surface area (TPSA) is 75.9 Å². The molecule has 2 atom stereocenters. The smallest absolute Gasteiger partial charge is 0.338 e. The zero-order valence-electron chi connectivity index (χ0n) is 19.0. The van der Waals surface area contributed by atoms with Crippen LogP contribution in [-0.4, -0.2) is 54.0 Å². The Bertz CT molecular complexity index is 1120. The van der Waals surface area contributed by atoms with E-state index in [9.17, 15) is 9.59 Å². The average molecular weight is 456 g/mol. The van der Waals surface area contributed by atoms with Crippen molar-refractivity contribution in [2.75, 3.05) is 31.9 Å². The molecule has 3 aromatic rings. The number of fused-ring (bicyclic) bond motifs is 2. The number of benzene rings is 3. The lowest BCUT2D eigenvalue weighted by atomic mass is 9.81. The summed E-state index contributed by atoms with van der Waals surface area (Å²) in [5.41, 5.74) is 8.88. The highest BCUT2D eigenvalue weighted by molar-refractivity contribution is 5.94. The third-order valence-electron chi connectivity index (χ3n) is 6.77. The number of anilines is 1. The molecule has 2 fully saturated rings. The largest absolute Gasteiger partial charge is 0.458 e. The highest BCUT2D eigenvalue weighted by Gasteiger charge is 2.45. The van der Waals surface area contributed by atoms with Crippen LogP contribution in [0.3, 0.4) is 0 Å². The van der Waals surface area contributed by atoms with E-state index in [1.807, 2.05) is 29.2 Å². The second kappa shape index (κ2) is 9.69. The Hall–Kier alpha value is -3.64. The number of nitrogens with two attached hydrogens (primary N) is 1. The Morgan fingerprint density at radius 3 is 1.97 bits per heavy atom. The van der Waals surface area contributed by atoms with Crippen molar-refractivity contribution in [3.8, 4) is 0 Å². The summed E-state index contributed by atoms with van der Waals surface area (Å²) >= 11 is 0. The zero-order valence-corrected chi connectivity index (χ0v) is 19.0. The zero-order chi connectivity index (χ0) is 23.5. The van der Waals surface area contributed by atoms with Gasteiger partial charge in [0.2, 0.25) is 0 Å². The first kappa shape index (κ1) is 22.2. The van der Waals surface area contributed by atoms with Gasteiger partial charge >= 0.3 is 5.97 Å². The van der Waals surface area contributed by atoms with E-state index in [0.717, 1.165) is 19.6 Å². The fourth-order valence-electron chi connectivity index (χ4n) is 5.20. The number of likely N-dealkylation sites (tertiary alicyclic amines) is 2. The van der Waals surface area contributed by atoms with Crippen LogP contribution < -0.4 is 5.73 Å². The fourth-order valence-corrected chi connectivity index (χ4v) is 5.20. The molecule has 0 aliphatic carbocycles. The molecule has 34 heavy (non-hydrogen) atoms. The van der Waals surface area contributed by atoms with Crippen molar-refractivity contribution < 1.29 is 14.3 Å². The van der Waals surface area contributed by atoms with E-state index >= 15 is 0 Å². The molecule has 174 valence electrons. The summed E-state index contributed by atoms with van der Waals surface area (Å²) in [5.74, 6) is -0.210. The summed E-state index contributed by atoms with van der Waals surface area (Å²) in [6.45, 7) is 3.49. The van der Waals surface area contributed by atoms with Gasteiger partial charge in [0, 0.05) is 55.8 Å². The van der Waals surface area contributed by atoms with Gasteiger partial charge in [-0.25, -0.2) is 4.79 Å². The maximum atomic E-state index is 13.2. The van der Waals surface area contributed by atoms with E-state index in [1.54, 1.807) is 36.4 Å². The van der Waals surface area contributed by atoms with Crippen LogP contribution in [0.4, 0.5) is 5.69 Å². The van der Waals surface area contributed by atoms with Crippen molar-refractivity contribution in [3.63, 3.8) is 0 Å². The molecule has 2 N–H and O–H groups in total. The molecule has 0 aromatic heterocycles. The summed E-state index contributed by atoms with van der Waals surface area (Å²) in [5, 5.41) is 0. The first-order valence-electron chi connectivity index (χ1n) is 11.7. The van der Waals surface area contributed by atoms with Gasteiger partial charge in [0.25, 0.3) is 5.91 Å². The number of carbonyl (C=O) groups is 2. The molecule has 0 spiro atoms. The van der Waals surface area contributed by atoms with Crippen LogP contribution in [0, 0.1) is 11.8 Å². The van der Waals surface area contributed by atoms with Gasteiger partial charge in [-0.3, -0.25) is 9.69 Å². The number of hydrogen-bond acceptors (Lipinski definition) is 5. The van der Waals surface area contributed by atoms with Gasteiger partial charge in [0.15, 0.2) is 0 Å². The maximum Gasteiger partial charge on any atom is 0.338 e. The van der Waals surface area contributed by atoms with Crippen LogP contribution in [0.15, 0.2) is 84.9 Å². The molecule has 2 saturated heterocycles. The number of esters is 1. The predicted molar refractivity (Wildman–Crippen MR) is 131 cm³/mol. The SMILES string of the molecule is Nc1ccc(C(=O)N2CC3CN(Cc4ccccc4)CC(C2)C3OC(=O)c2ccccc2)cc1. The lowest BCUT2D eigenvalue weighted by Crippen LogP contribution is -2.61. The molecule has 1 amide bonds. The number of hydrogen-bond donors (Lipinski definition) is 1. The van der Waals surface area contributed by atoms with Crippen LogP contribution in [0.1, 0.15) is 26.3 Å². The fraction of sp³-hybridized carbons (Fsp3) is 0.286. The van der Waals surface area contributed by atoms with E-state index in [-0.39, 0.29) is 29.8 Å². The molecule has 2 heterocycles. The number of amides is 1. The highest BCUT2D eigenvalue weighted by Crippen LogP contribution is 2.33. The van der Waals surface area contributed by atoms with Crippen LogP contribution >= 0.6 is 0 Å². The summed E-state index contributed by atoms with van der Waals surface area (Å²) in [6.07, 6.45) is -0.213. The number of carbonyl (C=O) groups excluding carboxylic acids is 2. The highest BCUT2D eigenvalue weighted by atomic mass is 16.5. The van der Waals surface area contributed by atoms with Gasteiger partial charge in [0.1, 0.15) is 6.10 Å². The van der Waals surface area contributed by atoms with Crippen LogP contribution in [0.2, 0.25) is 0 Å². The second-order valence-electron chi connectivity index (χ2n) is 9.27. The molecule has 2 aliphatic heterocycles. The molecule has 5 rings (SSSR count). The number of piperidine rings is 2. The monoisotopic (exact) mass is 455 g/mol. The normalized spacial score (nSPS) is 22.2. The summed E-state index contributed by atoms with van der Waals surface area (Å²) in [6, 6.07) is 26.6. The standard InChI is InChI=1S/C28H29N3O3/c29-25-13-11-21(12-14-25)27(32)31-18-23-16-30(15-20-7-3-1-4-8-20)17-24(19-31)26(23)34-28(33)22-9-5-2-6-10-22/h1-14,23-24,26H,15-19,29H2. The molecule has 2 bridgehead atoms. The minimum absolute atomic E-state index is 0.000606. The first-order valence-corrected chi connectivity index (χ1v) is 11.7. The Balaban J connectivity index is 1.34. The van der Waals surface area contributed by atoms with Gasteiger partial charge in [-0.2, -0.15) is 0 Å². The van der Waals surface area contributed by atoms with E-state index in [0.29, 0.717) is 29.9 Å². The third kappa shape index (κ3) is 4.82. The predicted octanol–water partition coefficient (Wildman–Crippen LogP) is 3.70. The Morgan fingerprint density at radius 2 is 1.35 bits per heavy atom. The lowest BCUT2D eigenvalue weighted by Gasteiger charge is -2.50. The average Bonchev–Trinajstić information content (AvgIpc) is 2.85.